The van der Waals surface area contributed by atoms with Crippen LogP contribution in [0.3, 0.4) is 0 Å². The Morgan fingerprint density at radius 2 is 2.15 bits per heavy atom. The fourth-order valence-electron chi connectivity index (χ4n) is 1.49. The molecule has 1 aliphatic heterocycles. The van der Waals surface area contributed by atoms with Gasteiger partial charge in [0.1, 0.15) is 11.5 Å². The molecule has 1 N–H and O–H groups in total. The Morgan fingerprint density at radius 1 is 1.46 bits per heavy atom. The SMILES string of the molecule is Cc1nc2c(c(=O)[nH]1)N(C)C(=O)C2. The molecule has 5 heteroatoms. The molecule has 0 aliphatic carbocycles. The average molecular weight is 179 g/mol. The van der Waals surface area contributed by atoms with Gasteiger partial charge in [-0.3, -0.25) is 9.59 Å². The van der Waals surface area contributed by atoms with Crippen molar-refractivity contribution in [2.24, 2.45) is 0 Å². The van der Waals surface area contributed by atoms with Crippen molar-refractivity contribution in [2.45, 2.75) is 13.3 Å². The van der Waals surface area contributed by atoms with Crippen LogP contribution >= 0.6 is 0 Å². The number of nitrogens with zero attached hydrogens (tertiary/aromatic N) is 2. The fraction of sp³-hybridized carbons (Fsp3) is 0.375. The summed E-state index contributed by atoms with van der Waals surface area (Å²) in [4.78, 5) is 30.6. The summed E-state index contributed by atoms with van der Waals surface area (Å²) < 4.78 is 0. The molecule has 0 bridgehead atoms. The van der Waals surface area contributed by atoms with Crippen molar-refractivity contribution in [1.29, 1.82) is 0 Å². The zero-order valence-electron chi connectivity index (χ0n) is 7.42. The standard InChI is InChI=1S/C8H9N3O2/c1-4-9-5-3-6(12)11(2)7(5)8(13)10-4/h3H2,1-2H3,(H,9,10,13). The van der Waals surface area contributed by atoms with Gasteiger partial charge in [-0.15, -0.1) is 0 Å². The van der Waals surface area contributed by atoms with Gasteiger partial charge in [0.25, 0.3) is 5.56 Å². The smallest absolute Gasteiger partial charge is 0.275 e. The number of carbonyl (C=O) groups is 1. The first-order valence-corrected chi connectivity index (χ1v) is 3.96. The van der Waals surface area contributed by atoms with E-state index in [1.807, 2.05) is 0 Å². The van der Waals surface area contributed by atoms with Crippen LogP contribution in [0, 0.1) is 6.92 Å². The highest BCUT2D eigenvalue weighted by Crippen LogP contribution is 2.20. The number of aromatic amines is 1. The highest BCUT2D eigenvalue weighted by molar-refractivity contribution is 5.99. The molecule has 0 saturated carbocycles. The summed E-state index contributed by atoms with van der Waals surface area (Å²) in [7, 11) is 1.58. The topological polar surface area (TPSA) is 66.1 Å². The van der Waals surface area contributed by atoms with Gasteiger partial charge in [0.15, 0.2) is 0 Å². The van der Waals surface area contributed by atoms with Gasteiger partial charge < -0.3 is 9.88 Å². The minimum Gasteiger partial charge on any atom is -0.309 e. The predicted molar refractivity (Wildman–Crippen MR) is 46.7 cm³/mol. The van der Waals surface area contributed by atoms with Crippen LogP contribution in [0.15, 0.2) is 4.79 Å². The fourth-order valence-corrected chi connectivity index (χ4v) is 1.49. The quantitative estimate of drug-likeness (QED) is 0.589. The molecular formula is C8H9N3O2. The number of hydrogen-bond donors (Lipinski definition) is 1. The van der Waals surface area contributed by atoms with Crippen LogP contribution in [-0.2, 0) is 11.2 Å². The van der Waals surface area contributed by atoms with Gasteiger partial charge in [0.05, 0.1) is 12.1 Å². The third-order valence-corrected chi connectivity index (χ3v) is 2.11. The lowest BCUT2D eigenvalue weighted by atomic mass is 10.3. The van der Waals surface area contributed by atoms with Crippen molar-refractivity contribution in [3.05, 3.63) is 21.9 Å². The Bertz CT molecular complexity index is 436. The van der Waals surface area contributed by atoms with E-state index >= 15 is 0 Å². The Morgan fingerprint density at radius 3 is 2.85 bits per heavy atom. The first-order chi connectivity index (χ1) is 6.09. The molecule has 1 amide bonds. The first kappa shape index (κ1) is 7.97. The first-order valence-electron chi connectivity index (χ1n) is 3.96. The van der Waals surface area contributed by atoms with E-state index in [1.54, 1.807) is 14.0 Å². The number of anilines is 1. The number of likely N-dealkylation sites (N-methyl/N-ethyl adjacent to an activating group) is 1. The molecule has 2 rings (SSSR count). The maximum atomic E-state index is 11.4. The number of H-pyrrole nitrogens is 1. The van der Waals surface area contributed by atoms with Crippen LogP contribution in [-0.4, -0.2) is 22.9 Å². The number of carbonyl (C=O) groups excluding carboxylic acids is 1. The third kappa shape index (κ3) is 1.04. The van der Waals surface area contributed by atoms with Crippen molar-refractivity contribution in [1.82, 2.24) is 9.97 Å². The molecule has 5 nitrogen and oxygen atoms in total. The molecule has 1 aromatic rings. The van der Waals surface area contributed by atoms with E-state index in [1.165, 1.54) is 4.90 Å². The van der Waals surface area contributed by atoms with E-state index in [4.69, 9.17) is 0 Å². The van der Waals surface area contributed by atoms with E-state index in [-0.39, 0.29) is 17.9 Å². The molecule has 0 saturated heterocycles. The lowest BCUT2D eigenvalue weighted by Gasteiger charge is -2.07. The molecule has 0 radical (unpaired) electrons. The van der Waals surface area contributed by atoms with Crippen molar-refractivity contribution in [3.63, 3.8) is 0 Å². The molecule has 0 atom stereocenters. The second kappa shape index (κ2) is 2.42. The Hall–Kier alpha value is -1.65. The zero-order valence-corrected chi connectivity index (χ0v) is 7.42. The van der Waals surface area contributed by atoms with Gasteiger partial charge in [-0.1, -0.05) is 0 Å². The molecule has 68 valence electrons. The molecule has 1 aromatic heterocycles. The lowest BCUT2D eigenvalue weighted by Crippen LogP contribution is -2.26. The highest BCUT2D eigenvalue weighted by atomic mass is 16.2. The van der Waals surface area contributed by atoms with Gasteiger partial charge in [-0.2, -0.15) is 0 Å². The van der Waals surface area contributed by atoms with Gasteiger partial charge in [0.2, 0.25) is 5.91 Å². The predicted octanol–water partition coefficient (Wildman–Crippen LogP) is -0.403. The van der Waals surface area contributed by atoms with Gasteiger partial charge in [-0.25, -0.2) is 4.98 Å². The Kier molecular flexibility index (Phi) is 1.48. The van der Waals surface area contributed by atoms with Crippen molar-refractivity contribution >= 4 is 11.6 Å². The maximum absolute atomic E-state index is 11.4. The minimum atomic E-state index is -0.240. The van der Waals surface area contributed by atoms with Crippen LogP contribution in [0.4, 0.5) is 5.69 Å². The summed E-state index contributed by atoms with van der Waals surface area (Å²) in [5.74, 6) is 0.463. The van der Waals surface area contributed by atoms with Crippen LogP contribution in [0.5, 0.6) is 0 Å². The van der Waals surface area contributed by atoms with Gasteiger partial charge >= 0.3 is 0 Å². The van der Waals surface area contributed by atoms with E-state index in [2.05, 4.69) is 9.97 Å². The van der Waals surface area contributed by atoms with Crippen molar-refractivity contribution in [2.75, 3.05) is 11.9 Å². The van der Waals surface area contributed by atoms with Crippen LogP contribution in [0.2, 0.25) is 0 Å². The Labute approximate surface area is 74.4 Å². The summed E-state index contributed by atoms with van der Waals surface area (Å²) in [6, 6.07) is 0. The molecule has 0 fully saturated rings. The molecule has 0 spiro atoms. The van der Waals surface area contributed by atoms with Crippen molar-refractivity contribution < 1.29 is 4.79 Å². The summed E-state index contributed by atoms with van der Waals surface area (Å²) in [5, 5.41) is 0. The van der Waals surface area contributed by atoms with E-state index < -0.39 is 0 Å². The van der Waals surface area contributed by atoms with Crippen LogP contribution in [0.25, 0.3) is 0 Å². The summed E-state index contributed by atoms with van der Waals surface area (Å²) >= 11 is 0. The molecular weight excluding hydrogens is 170 g/mol. The second-order valence-electron chi connectivity index (χ2n) is 3.08. The molecule has 0 aromatic carbocycles. The van der Waals surface area contributed by atoms with E-state index in [0.717, 1.165) is 0 Å². The maximum Gasteiger partial charge on any atom is 0.275 e. The third-order valence-electron chi connectivity index (χ3n) is 2.11. The Balaban J connectivity index is 2.71. The lowest BCUT2D eigenvalue weighted by molar-refractivity contribution is -0.117. The summed E-state index contributed by atoms with van der Waals surface area (Å²) in [5.41, 5.74) is 0.722. The molecule has 1 aliphatic rings. The number of aryl methyl sites for hydroxylation is 1. The molecule has 13 heavy (non-hydrogen) atoms. The zero-order chi connectivity index (χ0) is 9.59. The molecule has 2 heterocycles. The normalized spacial score (nSPS) is 14.9. The summed E-state index contributed by atoms with van der Waals surface area (Å²) in [6.07, 6.45) is 0.233. The largest absolute Gasteiger partial charge is 0.309 e. The average Bonchev–Trinajstić information content (AvgIpc) is 2.27. The number of amides is 1. The minimum absolute atomic E-state index is 0.0846. The van der Waals surface area contributed by atoms with Crippen LogP contribution < -0.4 is 10.5 Å². The number of aromatic nitrogens is 2. The van der Waals surface area contributed by atoms with E-state index in [0.29, 0.717) is 17.2 Å². The van der Waals surface area contributed by atoms with Gasteiger partial charge in [-0.05, 0) is 6.92 Å². The van der Waals surface area contributed by atoms with E-state index in [9.17, 15) is 9.59 Å². The summed E-state index contributed by atoms with van der Waals surface area (Å²) in [6.45, 7) is 1.70. The number of nitrogens with one attached hydrogen (secondary N) is 1. The van der Waals surface area contributed by atoms with Crippen molar-refractivity contribution in [3.8, 4) is 0 Å². The number of hydrogen-bond acceptors (Lipinski definition) is 3. The highest BCUT2D eigenvalue weighted by Gasteiger charge is 2.28. The second-order valence-corrected chi connectivity index (χ2v) is 3.08. The van der Waals surface area contributed by atoms with Crippen LogP contribution in [0.1, 0.15) is 11.5 Å². The van der Waals surface area contributed by atoms with Gasteiger partial charge in [0, 0.05) is 7.05 Å². The number of rotatable bonds is 0. The number of fused-ring (bicyclic) bond motifs is 1. The monoisotopic (exact) mass is 179 g/mol. The molecule has 0 unspecified atom stereocenters.